The summed E-state index contributed by atoms with van der Waals surface area (Å²) in [6.07, 6.45) is 8.30. The van der Waals surface area contributed by atoms with Gasteiger partial charge in [-0.15, -0.1) is 0 Å². The van der Waals surface area contributed by atoms with Gasteiger partial charge in [0, 0.05) is 12.5 Å². The normalized spacial score (nSPS) is 25.7. The largest absolute Gasteiger partial charge is 0.508 e. The van der Waals surface area contributed by atoms with E-state index in [1.807, 2.05) is 11.0 Å². The molecule has 0 radical (unpaired) electrons. The topological polar surface area (TPSA) is 60.9 Å². The summed E-state index contributed by atoms with van der Waals surface area (Å²) in [7, 11) is 0. The smallest absolute Gasteiger partial charge is 0.328 e. The summed E-state index contributed by atoms with van der Waals surface area (Å²) in [4.78, 5) is 30.0. The number of phenols is 1. The molecule has 4 rings (SSSR count). The minimum Gasteiger partial charge on any atom is -0.508 e. The average Bonchev–Trinajstić information content (AvgIpc) is 2.93. The molecule has 2 aliphatic heterocycles. The van der Waals surface area contributed by atoms with Crippen LogP contribution in [0.4, 0.5) is 4.79 Å². The molecule has 0 spiro atoms. The van der Waals surface area contributed by atoms with E-state index in [2.05, 4.69) is 13.8 Å². The van der Waals surface area contributed by atoms with Crippen molar-refractivity contribution in [3.05, 3.63) is 28.8 Å². The van der Waals surface area contributed by atoms with Crippen LogP contribution >= 0.6 is 0 Å². The molecule has 3 amide bonds. The highest BCUT2D eigenvalue weighted by molar-refractivity contribution is 6.05. The number of benzene rings is 1. The van der Waals surface area contributed by atoms with Crippen molar-refractivity contribution >= 4 is 11.9 Å². The molecule has 0 bridgehead atoms. The second-order valence-corrected chi connectivity index (χ2v) is 8.21. The van der Waals surface area contributed by atoms with Gasteiger partial charge in [-0.3, -0.25) is 9.69 Å². The zero-order valence-electron chi connectivity index (χ0n) is 16.4. The molecule has 27 heavy (non-hydrogen) atoms. The Bertz CT molecular complexity index is 754. The van der Waals surface area contributed by atoms with Crippen LogP contribution in [0.1, 0.15) is 81.5 Å². The number of hydrogen-bond donors (Lipinski definition) is 1. The van der Waals surface area contributed by atoms with Crippen molar-refractivity contribution in [1.82, 2.24) is 9.80 Å². The highest BCUT2D eigenvalue weighted by atomic mass is 16.3. The number of aromatic hydroxyl groups is 1. The Balaban J connectivity index is 1.74. The number of hydrogen-bond acceptors (Lipinski definition) is 3. The van der Waals surface area contributed by atoms with E-state index in [0.717, 1.165) is 61.6 Å². The first kappa shape index (κ1) is 18.3. The Morgan fingerprint density at radius 1 is 1.11 bits per heavy atom. The zero-order valence-corrected chi connectivity index (χ0v) is 16.4. The summed E-state index contributed by atoms with van der Waals surface area (Å²) in [6, 6.07) is 3.19. The van der Waals surface area contributed by atoms with Gasteiger partial charge in [0.2, 0.25) is 0 Å². The molecule has 1 saturated carbocycles. The highest BCUT2D eigenvalue weighted by Crippen LogP contribution is 2.44. The number of imide groups is 1. The number of carbonyl (C=O) groups excluding carboxylic acids is 2. The van der Waals surface area contributed by atoms with Crippen LogP contribution in [0.5, 0.6) is 5.75 Å². The van der Waals surface area contributed by atoms with Crippen LogP contribution in [0.2, 0.25) is 0 Å². The van der Waals surface area contributed by atoms with E-state index < -0.39 is 6.04 Å². The lowest BCUT2D eigenvalue weighted by atomic mass is 9.83. The third kappa shape index (κ3) is 2.82. The Kier molecular flexibility index (Phi) is 4.87. The van der Waals surface area contributed by atoms with Crippen molar-refractivity contribution in [3.63, 3.8) is 0 Å². The summed E-state index contributed by atoms with van der Waals surface area (Å²) in [5.74, 6) is 0.293. The third-order valence-corrected chi connectivity index (χ3v) is 6.65. The summed E-state index contributed by atoms with van der Waals surface area (Å²) in [5.41, 5.74) is 3.17. The Hall–Kier alpha value is -2.04. The molecule has 1 saturated heterocycles. The lowest BCUT2D eigenvalue weighted by molar-refractivity contribution is -0.130. The van der Waals surface area contributed by atoms with Crippen molar-refractivity contribution in [2.24, 2.45) is 0 Å². The lowest BCUT2D eigenvalue weighted by Gasteiger charge is -2.38. The van der Waals surface area contributed by atoms with E-state index in [1.165, 1.54) is 6.42 Å². The minimum atomic E-state index is -0.408. The second kappa shape index (κ2) is 7.17. The number of carbonyl (C=O) groups is 2. The fourth-order valence-electron chi connectivity index (χ4n) is 5.38. The second-order valence-electron chi connectivity index (χ2n) is 8.21. The number of nitrogens with zero attached hydrogens (tertiary/aromatic N) is 2. The van der Waals surface area contributed by atoms with Crippen molar-refractivity contribution in [2.75, 3.05) is 0 Å². The maximum absolute atomic E-state index is 13.3. The van der Waals surface area contributed by atoms with Crippen molar-refractivity contribution in [2.45, 2.75) is 89.8 Å². The summed E-state index contributed by atoms with van der Waals surface area (Å²) >= 11 is 0. The summed E-state index contributed by atoms with van der Waals surface area (Å²) < 4.78 is 0. The van der Waals surface area contributed by atoms with Crippen LogP contribution in [0.15, 0.2) is 12.1 Å². The molecular formula is C22H30N2O3. The van der Waals surface area contributed by atoms with Crippen LogP contribution in [0.3, 0.4) is 0 Å². The van der Waals surface area contributed by atoms with Gasteiger partial charge < -0.3 is 10.0 Å². The molecule has 5 nitrogen and oxygen atoms in total. The number of phenolic OH excluding ortho intramolecular Hbond substituents is 1. The Morgan fingerprint density at radius 3 is 2.52 bits per heavy atom. The molecule has 2 fully saturated rings. The Morgan fingerprint density at radius 2 is 1.85 bits per heavy atom. The highest BCUT2D eigenvalue weighted by Gasteiger charge is 2.53. The van der Waals surface area contributed by atoms with Crippen molar-refractivity contribution in [1.29, 1.82) is 0 Å². The first-order chi connectivity index (χ1) is 13.1. The molecule has 1 aromatic rings. The van der Waals surface area contributed by atoms with Gasteiger partial charge in [-0.2, -0.15) is 0 Å². The van der Waals surface area contributed by atoms with Gasteiger partial charge in [0.1, 0.15) is 11.8 Å². The lowest BCUT2D eigenvalue weighted by Crippen LogP contribution is -2.44. The third-order valence-electron chi connectivity index (χ3n) is 6.65. The molecule has 0 aromatic heterocycles. The van der Waals surface area contributed by atoms with Gasteiger partial charge in [-0.25, -0.2) is 4.79 Å². The summed E-state index contributed by atoms with van der Waals surface area (Å²) in [6.45, 7) is 4.17. The predicted octanol–water partition coefficient (Wildman–Crippen LogP) is 4.32. The molecule has 1 aromatic carbocycles. The monoisotopic (exact) mass is 370 g/mol. The van der Waals surface area contributed by atoms with Gasteiger partial charge >= 0.3 is 6.03 Å². The average molecular weight is 370 g/mol. The van der Waals surface area contributed by atoms with Crippen LogP contribution in [-0.2, 0) is 17.6 Å². The zero-order chi connectivity index (χ0) is 19.1. The molecule has 3 aliphatic rings. The van der Waals surface area contributed by atoms with Gasteiger partial charge in [0.15, 0.2) is 0 Å². The molecule has 0 unspecified atom stereocenters. The van der Waals surface area contributed by atoms with Crippen molar-refractivity contribution in [3.8, 4) is 5.75 Å². The van der Waals surface area contributed by atoms with Crippen LogP contribution < -0.4 is 0 Å². The number of urea groups is 1. The molecule has 5 heteroatoms. The van der Waals surface area contributed by atoms with E-state index in [4.69, 9.17) is 0 Å². The SMILES string of the molecule is CCCc1c(O)ccc2c1C[C@H]1C(=O)N(C3CCCCC3)C(=O)N1[C@@H]2CC. The summed E-state index contributed by atoms with van der Waals surface area (Å²) in [5, 5.41) is 10.4. The quantitative estimate of drug-likeness (QED) is 0.803. The van der Waals surface area contributed by atoms with Crippen LogP contribution in [0, 0.1) is 0 Å². The Labute approximate surface area is 161 Å². The number of amides is 3. The van der Waals surface area contributed by atoms with E-state index in [0.29, 0.717) is 12.2 Å². The fraction of sp³-hybridized carbons (Fsp3) is 0.636. The molecule has 1 aliphatic carbocycles. The predicted molar refractivity (Wildman–Crippen MR) is 104 cm³/mol. The van der Waals surface area contributed by atoms with Crippen LogP contribution in [0.25, 0.3) is 0 Å². The molecule has 2 heterocycles. The van der Waals surface area contributed by atoms with E-state index in [9.17, 15) is 14.7 Å². The van der Waals surface area contributed by atoms with Gasteiger partial charge in [-0.1, -0.05) is 45.6 Å². The molecule has 1 N–H and O–H groups in total. The van der Waals surface area contributed by atoms with E-state index in [1.54, 1.807) is 11.0 Å². The van der Waals surface area contributed by atoms with Gasteiger partial charge in [0.05, 0.1) is 6.04 Å². The standard InChI is InChI=1S/C22H30N2O3/c1-3-8-16-17-13-19-21(26)23(14-9-6-5-7-10-14)22(27)24(19)18(4-2)15(17)11-12-20(16)25/h11-12,14,18-19,25H,3-10,13H2,1-2H3/t18-,19+/m1/s1. The maximum atomic E-state index is 13.3. The van der Waals surface area contributed by atoms with Gasteiger partial charge in [0.25, 0.3) is 5.91 Å². The molecular weight excluding hydrogens is 340 g/mol. The van der Waals surface area contributed by atoms with Gasteiger partial charge in [-0.05, 0) is 48.4 Å². The fourth-order valence-corrected chi connectivity index (χ4v) is 5.38. The van der Waals surface area contributed by atoms with Crippen LogP contribution in [-0.4, -0.2) is 38.9 Å². The number of fused-ring (bicyclic) bond motifs is 2. The van der Waals surface area contributed by atoms with E-state index in [-0.39, 0.29) is 24.0 Å². The van der Waals surface area contributed by atoms with E-state index >= 15 is 0 Å². The number of rotatable bonds is 4. The first-order valence-corrected chi connectivity index (χ1v) is 10.6. The minimum absolute atomic E-state index is 0.0261. The maximum Gasteiger partial charge on any atom is 0.328 e. The first-order valence-electron chi connectivity index (χ1n) is 10.6. The van der Waals surface area contributed by atoms with Crippen molar-refractivity contribution < 1.29 is 14.7 Å². The molecule has 2 atom stereocenters. The molecule has 146 valence electrons.